The summed E-state index contributed by atoms with van der Waals surface area (Å²) < 4.78 is 0. The van der Waals surface area contributed by atoms with Crippen molar-refractivity contribution in [3.8, 4) is 0 Å². The monoisotopic (exact) mass is 289 g/mol. The number of nitrogens with zero attached hydrogens (tertiary/aromatic N) is 1. The molecular formula is C15H19N3OS. The number of benzene rings is 1. The van der Waals surface area contributed by atoms with E-state index >= 15 is 0 Å². The molecule has 0 radical (unpaired) electrons. The number of amides is 1. The first-order valence-electron chi connectivity index (χ1n) is 6.50. The number of nitrogens with two attached hydrogens (primary N) is 1. The summed E-state index contributed by atoms with van der Waals surface area (Å²) >= 11 is 1.73. The van der Waals surface area contributed by atoms with Crippen LogP contribution in [-0.4, -0.2) is 24.4 Å². The maximum atomic E-state index is 11.9. The maximum absolute atomic E-state index is 11.9. The van der Waals surface area contributed by atoms with E-state index < -0.39 is 0 Å². The van der Waals surface area contributed by atoms with Gasteiger partial charge in [-0.1, -0.05) is 18.2 Å². The minimum absolute atomic E-state index is 0.0130. The average Bonchev–Trinajstić information content (AvgIpc) is 2.92. The second-order valence-electron chi connectivity index (χ2n) is 4.70. The van der Waals surface area contributed by atoms with Gasteiger partial charge in [0.25, 0.3) is 0 Å². The van der Waals surface area contributed by atoms with Crippen LogP contribution in [0, 0.1) is 0 Å². The summed E-state index contributed by atoms with van der Waals surface area (Å²) in [6.07, 6.45) is 0.455. The third-order valence-corrected chi connectivity index (χ3v) is 3.82. The van der Waals surface area contributed by atoms with Crippen LogP contribution in [0.3, 0.4) is 0 Å². The lowest BCUT2D eigenvalue weighted by Crippen LogP contribution is -2.23. The van der Waals surface area contributed by atoms with Gasteiger partial charge in [0.05, 0.1) is 11.4 Å². The Morgan fingerprint density at radius 3 is 2.80 bits per heavy atom. The Bertz CT molecular complexity index is 554. The largest absolute Gasteiger partial charge is 0.397 e. The van der Waals surface area contributed by atoms with Crippen molar-refractivity contribution in [3.05, 3.63) is 46.7 Å². The molecule has 0 saturated heterocycles. The Morgan fingerprint density at radius 1 is 1.30 bits per heavy atom. The van der Waals surface area contributed by atoms with Crippen molar-refractivity contribution in [2.75, 3.05) is 24.6 Å². The summed E-state index contributed by atoms with van der Waals surface area (Å²) in [4.78, 5) is 15.3. The second-order valence-corrected chi connectivity index (χ2v) is 5.73. The number of para-hydroxylation sites is 2. The number of rotatable bonds is 6. The van der Waals surface area contributed by atoms with Crippen molar-refractivity contribution in [3.63, 3.8) is 0 Å². The van der Waals surface area contributed by atoms with Gasteiger partial charge in [0.15, 0.2) is 0 Å². The molecule has 4 nitrogen and oxygen atoms in total. The highest BCUT2D eigenvalue weighted by Crippen LogP contribution is 2.17. The number of thiophene rings is 1. The molecule has 1 aromatic carbocycles. The Morgan fingerprint density at radius 2 is 2.10 bits per heavy atom. The summed E-state index contributed by atoms with van der Waals surface area (Å²) in [5.41, 5.74) is 7.06. The van der Waals surface area contributed by atoms with Gasteiger partial charge in [-0.05, 0) is 30.6 Å². The van der Waals surface area contributed by atoms with Crippen LogP contribution in [0.5, 0.6) is 0 Å². The summed E-state index contributed by atoms with van der Waals surface area (Å²) in [6.45, 7) is 1.59. The zero-order valence-corrected chi connectivity index (χ0v) is 12.3. The molecule has 1 heterocycles. The molecule has 0 aliphatic rings. The first kappa shape index (κ1) is 14.6. The molecule has 0 saturated carbocycles. The maximum Gasteiger partial charge on any atom is 0.225 e. The second kappa shape index (κ2) is 7.07. The molecule has 3 N–H and O–H groups in total. The minimum Gasteiger partial charge on any atom is -0.397 e. The van der Waals surface area contributed by atoms with E-state index in [-0.39, 0.29) is 5.91 Å². The van der Waals surface area contributed by atoms with Crippen molar-refractivity contribution < 1.29 is 4.79 Å². The molecule has 5 heteroatoms. The number of hydrogen-bond donors (Lipinski definition) is 2. The predicted octanol–water partition coefficient (Wildman–Crippen LogP) is 2.79. The lowest BCUT2D eigenvalue weighted by Gasteiger charge is -2.15. The van der Waals surface area contributed by atoms with E-state index in [9.17, 15) is 4.79 Å². The van der Waals surface area contributed by atoms with Crippen LogP contribution in [-0.2, 0) is 11.3 Å². The quantitative estimate of drug-likeness (QED) is 0.804. The molecular weight excluding hydrogens is 270 g/mol. The molecule has 2 aromatic rings. The highest BCUT2D eigenvalue weighted by atomic mass is 32.1. The van der Waals surface area contributed by atoms with E-state index in [1.54, 1.807) is 17.4 Å². The Labute approximate surface area is 123 Å². The number of nitrogen functional groups attached to an aromatic ring is 1. The van der Waals surface area contributed by atoms with Crippen LogP contribution in [0.25, 0.3) is 0 Å². The third kappa shape index (κ3) is 4.36. The van der Waals surface area contributed by atoms with Crippen LogP contribution in [0.4, 0.5) is 11.4 Å². The number of nitrogens with one attached hydrogen (secondary N) is 1. The van der Waals surface area contributed by atoms with Crippen LogP contribution in [0.1, 0.15) is 11.3 Å². The Kier molecular flexibility index (Phi) is 5.15. The SMILES string of the molecule is CN(CCC(=O)Nc1ccccc1N)Cc1cccs1. The molecule has 1 aromatic heterocycles. The molecule has 0 bridgehead atoms. The van der Waals surface area contributed by atoms with Crippen LogP contribution in [0.15, 0.2) is 41.8 Å². The molecule has 0 atom stereocenters. The van der Waals surface area contributed by atoms with Gasteiger partial charge < -0.3 is 16.0 Å². The highest BCUT2D eigenvalue weighted by Gasteiger charge is 2.07. The van der Waals surface area contributed by atoms with E-state index in [4.69, 9.17) is 5.73 Å². The molecule has 106 valence electrons. The average molecular weight is 289 g/mol. The van der Waals surface area contributed by atoms with Crippen molar-refractivity contribution in [2.24, 2.45) is 0 Å². The van der Waals surface area contributed by atoms with Crippen molar-refractivity contribution in [1.29, 1.82) is 0 Å². The molecule has 1 amide bonds. The van der Waals surface area contributed by atoms with Gasteiger partial charge in [0, 0.05) is 24.4 Å². The fourth-order valence-electron chi connectivity index (χ4n) is 1.86. The zero-order valence-electron chi connectivity index (χ0n) is 11.5. The van der Waals surface area contributed by atoms with E-state index in [1.807, 2.05) is 31.3 Å². The Hall–Kier alpha value is -1.85. The van der Waals surface area contributed by atoms with Gasteiger partial charge in [0.2, 0.25) is 5.91 Å². The minimum atomic E-state index is -0.0130. The molecule has 0 aliphatic carbocycles. The highest BCUT2D eigenvalue weighted by molar-refractivity contribution is 7.09. The van der Waals surface area contributed by atoms with Gasteiger partial charge >= 0.3 is 0 Å². The molecule has 0 aliphatic heterocycles. The summed E-state index contributed by atoms with van der Waals surface area (Å²) in [7, 11) is 2.02. The van der Waals surface area contributed by atoms with Crippen LogP contribution >= 0.6 is 11.3 Å². The Balaban J connectivity index is 1.76. The number of carbonyl (C=O) groups excluding carboxylic acids is 1. The van der Waals surface area contributed by atoms with Gasteiger partial charge in [-0.25, -0.2) is 0 Å². The first-order chi connectivity index (χ1) is 9.65. The summed E-state index contributed by atoms with van der Waals surface area (Å²) in [5.74, 6) is -0.0130. The van der Waals surface area contributed by atoms with E-state index in [1.165, 1.54) is 4.88 Å². The predicted molar refractivity (Wildman–Crippen MR) is 84.8 cm³/mol. The summed E-state index contributed by atoms with van der Waals surface area (Å²) in [6, 6.07) is 11.4. The lowest BCUT2D eigenvalue weighted by atomic mass is 10.2. The van der Waals surface area contributed by atoms with Gasteiger partial charge in [0.1, 0.15) is 0 Å². The molecule has 0 unspecified atom stereocenters. The molecule has 2 rings (SSSR count). The smallest absolute Gasteiger partial charge is 0.225 e. The van der Waals surface area contributed by atoms with Crippen molar-refractivity contribution in [2.45, 2.75) is 13.0 Å². The van der Waals surface area contributed by atoms with Crippen LogP contribution < -0.4 is 11.1 Å². The summed E-state index contributed by atoms with van der Waals surface area (Å²) in [5, 5.41) is 4.90. The fourth-order valence-corrected chi connectivity index (χ4v) is 2.65. The topological polar surface area (TPSA) is 58.4 Å². The van der Waals surface area contributed by atoms with Crippen molar-refractivity contribution >= 4 is 28.6 Å². The lowest BCUT2D eigenvalue weighted by molar-refractivity contribution is -0.116. The van der Waals surface area contributed by atoms with E-state index in [0.29, 0.717) is 17.8 Å². The molecule has 0 fully saturated rings. The van der Waals surface area contributed by atoms with Gasteiger partial charge in [-0.3, -0.25) is 4.79 Å². The normalized spacial score (nSPS) is 10.7. The standard InChI is InChI=1S/C15H19N3OS/c1-18(11-12-5-4-10-20-12)9-8-15(19)17-14-7-3-2-6-13(14)16/h2-7,10H,8-9,11,16H2,1H3,(H,17,19). The number of hydrogen-bond acceptors (Lipinski definition) is 4. The van der Waals surface area contributed by atoms with E-state index in [0.717, 1.165) is 13.1 Å². The molecule has 20 heavy (non-hydrogen) atoms. The van der Waals surface area contributed by atoms with Gasteiger partial charge in [-0.2, -0.15) is 0 Å². The van der Waals surface area contributed by atoms with Crippen LogP contribution in [0.2, 0.25) is 0 Å². The van der Waals surface area contributed by atoms with Gasteiger partial charge in [-0.15, -0.1) is 11.3 Å². The first-order valence-corrected chi connectivity index (χ1v) is 7.38. The third-order valence-electron chi connectivity index (χ3n) is 2.96. The molecule has 0 spiro atoms. The fraction of sp³-hybridized carbons (Fsp3) is 0.267. The number of anilines is 2. The van der Waals surface area contributed by atoms with Crippen molar-refractivity contribution in [1.82, 2.24) is 4.90 Å². The van der Waals surface area contributed by atoms with E-state index in [2.05, 4.69) is 21.7 Å². The zero-order chi connectivity index (χ0) is 14.4. The number of carbonyl (C=O) groups is 1.